The number of halogens is 1. The van der Waals surface area contributed by atoms with Gasteiger partial charge in [-0.3, -0.25) is 0 Å². The highest BCUT2D eigenvalue weighted by molar-refractivity contribution is 14.1. The molecule has 4 heteroatoms. The van der Waals surface area contributed by atoms with Crippen LogP contribution in [0.4, 0.5) is 0 Å². The molecule has 0 fully saturated rings. The fourth-order valence-corrected chi connectivity index (χ4v) is 1.41. The van der Waals surface area contributed by atoms with Crippen LogP contribution in [0, 0.1) is 0 Å². The van der Waals surface area contributed by atoms with Gasteiger partial charge in [-0.15, -0.1) is 0 Å². The second-order valence-electron chi connectivity index (χ2n) is 2.94. The number of aliphatic hydroxyl groups excluding tert-OH is 1. The highest BCUT2D eigenvalue weighted by Crippen LogP contribution is 2.13. The van der Waals surface area contributed by atoms with Crippen molar-refractivity contribution in [2.24, 2.45) is 0 Å². The average molecular weight is 314 g/mol. The van der Waals surface area contributed by atoms with E-state index in [0.29, 0.717) is 19.6 Å². The standard InChI is InChI=1S/C10H19IO3/c1-4-13-10(14-5-2)6-9(12)8(3)7-11/h7,9-10,12H,4-6H2,1-3H3/b8-7+. The minimum absolute atomic E-state index is 0.300. The fourth-order valence-electron chi connectivity index (χ4n) is 0.997. The zero-order valence-corrected chi connectivity index (χ0v) is 11.2. The first-order valence-electron chi connectivity index (χ1n) is 4.83. The molecule has 0 aliphatic carbocycles. The van der Waals surface area contributed by atoms with E-state index in [1.165, 1.54) is 0 Å². The molecule has 1 atom stereocenters. The molecule has 0 aliphatic rings. The molecule has 1 unspecified atom stereocenters. The number of rotatable bonds is 7. The highest BCUT2D eigenvalue weighted by Gasteiger charge is 2.15. The summed E-state index contributed by atoms with van der Waals surface area (Å²) in [4.78, 5) is 0. The molecule has 0 aromatic rings. The summed E-state index contributed by atoms with van der Waals surface area (Å²) in [6.07, 6.45) is -0.284. The molecule has 0 aromatic heterocycles. The van der Waals surface area contributed by atoms with E-state index in [4.69, 9.17) is 9.47 Å². The number of hydrogen-bond acceptors (Lipinski definition) is 3. The van der Waals surface area contributed by atoms with Crippen LogP contribution in [0.25, 0.3) is 0 Å². The van der Waals surface area contributed by atoms with E-state index in [1.807, 2.05) is 24.9 Å². The summed E-state index contributed by atoms with van der Waals surface area (Å²) in [7, 11) is 0. The topological polar surface area (TPSA) is 38.7 Å². The molecule has 84 valence electrons. The summed E-state index contributed by atoms with van der Waals surface area (Å²) in [6.45, 7) is 6.93. The summed E-state index contributed by atoms with van der Waals surface area (Å²) in [5.74, 6) is 0. The maximum atomic E-state index is 9.71. The smallest absolute Gasteiger partial charge is 0.160 e. The van der Waals surface area contributed by atoms with Crippen LogP contribution in [0.3, 0.4) is 0 Å². The summed E-state index contributed by atoms with van der Waals surface area (Å²) < 4.78 is 12.5. The molecule has 0 aliphatic heterocycles. The van der Waals surface area contributed by atoms with E-state index >= 15 is 0 Å². The van der Waals surface area contributed by atoms with E-state index in [1.54, 1.807) is 0 Å². The Hall–Kier alpha value is 0.350. The third kappa shape index (κ3) is 5.95. The van der Waals surface area contributed by atoms with Gasteiger partial charge in [0.25, 0.3) is 0 Å². The van der Waals surface area contributed by atoms with Gasteiger partial charge in [0.1, 0.15) is 0 Å². The predicted octanol–water partition coefficient (Wildman–Crippen LogP) is 2.48. The first-order chi connectivity index (χ1) is 6.65. The SMILES string of the molecule is CCOC(CC(O)/C(C)=C/I)OCC. The molecule has 0 saturated heterocycles. The van der Waals surface area contributed by atoms with Crippen molar-refractivity contribution in [3.8, 4) is 0 Å². The van der Waals surface area contributed by atoms with Gasteiger partial charge in [-0.05, 0) is 30.4 Å². The monoisotopic (exact) mass is 314 g/mol. The third-order valence-corrected chi connectivity index (χ3v) is 2.80. The van der Waals surface area contributed by atoms with E-state index in [0.717, 1.165) is 5.57 Å². The number of hydrogen-bond donors (Lipinski definition) is 1. The Balaban J connectivity index is 4.00. The van der Waals surface area contributed by atoms with Gasteiger partial charge in [0.05, 0.1) is 6.10 Å². The number of ether oxygens (including phenoxy) is 2. The van der Waals surface area contributed by atoms with Crippen molar-refractivity contribution in [2.75, 3.05) is 13.2 Å². The van der Waals surface area contributed by atoms with Gasteiger partial charge in [0, 0.05) is 19.6 Å². The average Bonchev–Trinajstić information content (AvgIpc) is 2.17. The summed E-state index contributed by atoms with van der Waals surface area (Å²) in [5, 5.41) is 9.71. The lowest BCUT2D eigenvalue weighted by Crippen LogP contribution is -2.24. The van der Waals surface area contributed by atoms with Crippen LogP contribution in [-0.2, 0) is 9.47 Å². The normalized spacial score (nSPS) is 14.9. The zero-order chi connectivity index (χ0) is 11.0. The van der Waals surface area contributed by atoms with Gasteiger partial charge in [-0.25, -0.2) is 0 Å². The van der Waals surface area contributed by atoms with E-state index in [2.05, 4.69) is 22.6 Å². The quantitative estimate of drug-likeness (QED) is 0.579. The lowest BCUT2D eigenvalue weighted by molar-refractivity contribution is -0.149. The van der Waals surface area contributed by atoms with Gasteiger partial charge in [0.2, 0.25) is 0 Å². The molecule has 0 radical (unpaired) electrons. The molecule has 0 spiro atoms. The molecule has 0 aromatic carbocycles. The van der Waals surface area contributed by atoms with Crippen molar-refractivity contribution in [2.45, 2.75) is 39.6 Å². The zero-order valence-electron chi connectivity index (χ0n) is 9.00. The molecule has 3 nitrogen and oxygen atoms in total. The Bertz CT molecular complexity index is 165. The molecule has 0 saturated carbocycles. The van der Waals surface area contributed by atoms with Crippen molar-refractivity contribution in [3.63, 3.8) is 0 Å². The van der Waals surface area contributed by atoms with Crippen LogP contribution in [-0.4, -0.2) is 30.7 Å². The molecule has 0 heterocycles. The Labute approximate surface area is 99.6 Å². The summed E-state index contributed by atoms with van der Waals surface area (Å²) >= 11 is 2.11. The van der Waals surface area contributed by atoms with Crippen molar-refractivity contribution >= 4 is 22.6 Å². The van der Waals surface area contributed by atoms with Crippen LogP contribution >= 0.6 is 22.6 Å². The van der Waals surface area contributed by atoms with Crippen LogP contribution in [0.2, 0.25) is 0 Å². The van der Waals surface area contributed by atoms with Crippen molar-refractivity contribution in [3.05, 3.63) is 9.66 Å². The largest absolute Gasteiger partial charge is 0.389 e. The molecule has 1 N–H and O–H groups in total. The van der Waals surface area contributed by atoms with Crippen LogP contribution in [0.5, 0.6) is 0 Å². The van der Waals surface area contributed by atoms with Crippen LogP contribution < -0.4 is 0 Å². The van der Waals surface area contributed by atoms with Crippen LogP contribution in [0.15, 0.2) is 9.66 Å². The maximum Gasteiger partial charge on any atom is 0.160 e. The minimum atomic E-state index is -0.477. The minimum Gasteiger partial charge on any atom is -0.389 e. The Morgan fingerprint density at radius 3 is 2.21 bits per heavy atom. The molecule has 0 bridgehead atoms. The highest BCUT2D eigenvalue weighted by atomic mass is 127. The van der Waals surface area contributed by atoms with E-state index in [-0.39, 0.29) is 6.29 Å². The Morgan fingerprint density at radius 2 is 1.86 bits per heavy atom. The maximum absolute atomic E-state index is 9.71. The molecule has 0 amide bonds. The predicted molar refractivity (Wildman–Crippen MR) is 65.4 cm³/mol. The molecule has 14 heavy (non-hydrogen) atoms. The second-order valence-corrected chi connectivity index (χ2v) is 3.57. The molecular formula is C10H19IO3. The fraction of sp³-hybridized carbons (Fsp3) is 0.800. The van der Waals surface area contributed by atoms with Gasteiger partial charge in [0.15, 0.2) is 6.29 Å². The van der Waals surface area contributed by atoms with Crippen molar-refractivity contribution in [1.82, 2.24) is 0 Å². The lowest BCUT2D eigenvalue weighted by atomic mass is 10.1. The second kappa shape index (κ2) is 8.64. The summed E-state index contributed by atoms with van der Waals surface area (Å²) in [6, 6.07) is 0. The molecular weight excluding hydrogens is 295 g/mol. The Morgan fingerprint density at radius 1 is 1.36 bits per heavy atom. The Kier molecular flexibility index (Phi) is 8.86. The lowest BCUT2D eigenvalue weighted by Gasteiger charge is -2.20. The van der Waals surface area contributed by atoms with Gasteiger partial charge < -0.3 is 14.6 Å². The first kappa shape index (κ1) is 14.3. The van der Waals surface area contributed by atoms with Crippen molar-refractivity contribution < 1.29 is 14.6 Å². The van der Waals surface area contributed by atoms with Gasteiger partial charge in [-0.1, -0.05) is 22.6 Å². The number of aliphatic hydroxyl groups is 1. The van der Waals surface area contributed by atoms with E-state index < -0.39 is 6.10 Å². The summed E-state index contributed by atoms with van der Waals surface area (Å²) in [5.41, 5.74) is 0.940. The third-order valence-electron chi connectivity index (χ3n) is 1.82. The van der Waals surface area contributed by atoms with Gasteiger partial charge in [-0.2, -0.15) is 0 Å². The molecule has 0 rings (SSSR count). The van der Waals surface area contributed by atoms with E-state index in [9.17, 15) is 5.11 Å². The van der Waals surface area contributed by atoms with Gasteiger partial charge >= 0.3 is 0 Å². The van der Waals surface area contributed by atoms with Crippen LogP contribution in [0.1, 0.15) is 27.2 Å². The van der Waals surface area contributed by atoms with Crippen molar-refractivity contribution in [1.29, 1.82) is 0 Å². The first-order valence-corrected chi connectivity index (χ1v) is 6.08.